The maximum atomic E-state index is 4.52. The van der Waals surface area contributed by atoms with Crippen LogP contribution in [-0.4, -0.2) is 26.1 Å². The van der Waals surface area contributed by atoms with Gasteiger partial charge >= 0.3 is 0 Å². The Kier molecular flexibility index (Phi) is 3.10. The fourth-order valence-corrected chi connectivity index (χ4v) is 1.98. The fraction of sp³-hybridized carbons (Fsp3) is 0.214. The summed E-state index contributed by atoms with van der Waals surface area (Å²) in [6.45, 7) is 0.790. The van der Waals surface area contributed by atoms with Crippen molar-refractivity contribution in [1.29, 1.82) is 0 Å². The van der Waals surface area contributed by atoms with Gasteiger partial charge < -0.3 is 9.88 Å². The van der Waals surface area contributed by atoms with E-state index in [4.69, 9.17) is 0 Å². The predicted molar refractivity (Wildman–Crippen MR) is 74.9 cm³/mol. The lowest BCUT2D eigenvalue weighted by atomic mass is 10.3. The average molecular weight is 253 g/mol. The molecule has 0 amide bonds. The van der Waals surface area contributed by atoms with Crippen LogP contribution >= 0.6 is 0 Å². The molecule has 5 heteroatoms. The molecule has 0 aliphatic rings. The highest BCUT2D eigenvalue weighted by Gasteiger charge is 2.01. The number of aromatic nitrogens is 4. The van der Waals surface area contributed by atoms with E-state index in [9.17, 15) is 0 Å². The molecule has 2 aromatic heterocycles. The van der Waals surface area contributed by atoms with Crippen LogP contribution in [0.5, 0.6) is 0 Å². The number of anilines is 1. The third-order valence-corrected chi connectivity index (χ3v) is 3.02. The van der Waals surface area contributed by atoms with Gasteiger partial charge in [0.15, 0.2) is 0 Å². The summed E-state index contributed by atoms with van der Waals surface area (Å²) in [6.07, 6.45) is 6.38. The largest absolute Gasteiger partial charge is 0.368 e. The molecule has 0 aliphatic heterocycles. The molecule has 0 fully saturated rings. The second-order valence-corrected chi connectivity index (χ2v) is 4.38. The van der Waals surface area contributed by atoms with E-state index in [0.717, 1.165) is 35.6 Å². The predicted octanol–water partition coefficient (Wildman–Crippen LogP) is 2.02. The zero-order valence-electron chi connectivity index (χ0n) is 10.7. The molecule has 3 rings (SSSR count). The first-order valence-corrected chi connectivity index (χ1v) is 6.25. The van der Waals surface area contributed by atoms with Gasteiger partial charge in [-0.2, -0.15) is 0 Å². The van der Waals surface area contributed by atoms with Crippen LogP contribution in [0.1, 0.15) is 5.82 Å². The smallest absolute Gasteiger partial charge is 0.145 e. The third-order valence-electron chi connectivity index (χ3n) is 3.02. The molecular formula is C14H15N5. The van der Waals surface area contributed by atoms with E-state index in [0.29, 0.717) is 0 Å². The summed E-state index contributed by atoms with van der Waals surface area (Å²) in [4.78, 5) is 13.2. The average Bonchev–Trinajstić information content (AvgIpc) is 2.84. The molecule has 0 radical (unpaired) electrons. The first-order chi connectivity index (χ1) is 9.33. The van der Waals surface area contributed by atoms with Crippen LogP contribution in [0.25, 0.3) is 11.0 Å². The highest BCUT2D eigenvalue weighted by molar-refractivity contribution is 5.75. The number of hydrogen-bond donors (Lipinski definition) is 1. The van der Waals surface area contributed by atoms with Gasteiger partial charge in [-0.3, -0.25) is 4.98 Å². The second kappa shape index (κ2) is 5.06. The van der Waals surface area contributed by atoms with Crippen LogP contribution in [0.2, 0.25) is 0 Å². The number of rotatable bonds is 4. The minimum atomic E-state index is 0.790. The van der Waals surface area contributed by atoms with Crippen LogP contribution in [0.15, 0.2) is 42.9 Å². The van der Waals surface area contributed by atoms with E-state index >= 15 is 0 Å². The van der Waals surface area contributed by atoms with E-state index in [1.54, 1.807) is 6.20 Å². The van der Waals surface area contributed by atoms with Gasteiger partial charge in [-0.15, -0.1) is 0 Å². The molecule has 0 atom stereocenters. The van der Waals surface area contributed by atoms with Crippen molar-refractivity contribution in [2.24, 2.45) is 7.05 Å². The highest BCUT2D eigenvalue weighted by atomic mass is 15.1. The van der Waals surface area contributed by atoms with Crippen molar-refractivity contribution in [3.05, 3.63) is 48.7 Å². The molecule has 2 heterocycles. The number of benzene rings is 1. The Morgan fingerprint density at radius 1 is 1.16 bits per heavy atom. The van der Waals surface area contributed by atoms with Crippen molar-refractivity contribution in [3.63, 3.8) is 0 Å². The van der Waals surface area contributed by atoms with Crippen molar-refractivity contribution in [2.45, 2.75) is 6.42 Å². The monoisotopic (exact) mass is 253 g/mol. The van der Waals surface area contributed by atoms with Crippen molar-refractivity contribution >= 4 is 16.9 Å². The van der Waals surface area contributed by atoms with Crippen LogP contribution in [-0.2, 0) is 13.5 Å². The molecular weight excluding hydrogens is 238 g/mol. The topological polar surface area (TPSA) is 55.6 Å². The first kappa shape index (κ1) is 11.6. The van der Waals surface area contributed by atoms with Gasteiger partial charge in [0.25, 0.3) is 0 Å². The third kappa shape index (κ3) is 2.54. The first-order valence-electron chi connectivity index (χ1n) is 6.25. The number of nitrogens with one attached hydrogen (secondary N) is 1. The maximum Gasteiger partial charge on any atom is 0.145 e. The molecule has 1 N–H and O–H groups in total. The van der Waals surface area contributed by atoms with Crippen molar-refractivity contribution in [1.82, 2.24) is 19.5 Å². The molecule has 5 nitrogen and oxygen atoms in total. The summed E-state index contributed by atoms with van der Waals surface area (Å²) in [5, 5.41) is 3.28. The Morgan fingerprint density at radius 2 is 2.00 bits per heavy atom. The molecule has 0 saturated heterocycles. The van der Waals surface area contributed by atoms with Crippen molar-refractivity contribution in [3.8, 4) is 0 Å². The van der Waals surface area contributed by atoms with Crippen molar-refractivity contribution < 1.29 is 0 Å². The summed E-state index contributed by atoms with van der Waals surface area (Å²) >= 11 is 0. The normalized spacial score (nSPS) is 10.8. The van der Waals surface area contributed by atoms with Crippen LogP contribution < -0.4 is 5.32 Å². The van der Waals surface area contributed by atoms with Gasteiger partial charge in [0.2, 0.25) is 0 Å². The van der Waals surface area contributed by atoms with E-state index in [1.165, 1.54) is 0 Å². The number of fused-ring (bicyclic) bond motifs is 1. The Labute approximate surface area is 111 Å². The molecule has 0 spiro atoms. The number of para-hydroxylation sites is 2. The lowest BCUT2D eigenvalue weighted by Gasteiger charge is -2.06. The van der Waals surface area contributed by atoms with E-state index in [1.807, 2.05) is 48.3 Å². The molecule has 0 unspecified atom stereocenters. The van der Waals surface area contributed by atoms with Crippen molar-refractivity contribution in [2.75, 3.05) is 11.9 Å². The quantitative estimate of drug-likeness (QED) is 0.773. The van der Waals surface area contributed by atoms with Gasteiger partial charge in [0, 0.05) is 32.4 Å². The zero-order chi connectivity index (χ0) is 13.1. The summed E-state index contributed by atoms with van der Waals surface area (Å²) in [5.74, 6) is 1.86. The molecule has 0 saturated carbocycles. The summed E-state index contributed by atoms with van der Waals surface area (Å²) in [6, 6.07) is 7.85. The van der Waals surface area contributed by atoms with E-state index in [-0.39, 0.29) is 0 Å². The Morgan fingerprint density at radius 3 is 2.79 bits per heavy atom. The second-order valence-electron chi connectivity index (χ2n) is 4.38. The maximum absolute atomic E-state index is 4.52. The van der Waals surface area contributed by atoms with Crippen LogP contribution in [0, 0.1) is 0 Å². The highest BCUT2D eigenvalue weighted by Crippen LogP contribution is 2.11. The Hall–Kier alpha value is -2.43. The van der Waals surface area contributed by atoms with E-state index in [2.05, 4.69) is 20.3 Å². The van der Waals surface area contributed by atoms with Gasteiger partial charge in [0.05, 0.1) is 17.2 Å². The number of hydrogen-bond acceptors (Lipinski definition) is 4. The standard InChI is InChI=1S/C14H15N5/c1-19-9-8-16-14(19)6-7-15-13-10-17-11-4-2-3-5-12(11)18-13/h2-5,8-10H,6-7H2,1H3,(H,15,18). The Bertz CT molecular complexity index is 689. The molecule has 1 aromatic carbocycles. The van der Waals surface area contributed by atoms with Gasteiger partial charge in [-0.1, -0.05) is 12.1 Å². The number of aryl methyl sites for hydroxylation is 1. The van der Waals surface area contributed by atoms with E-state index < -0.39 is 0 Å². The lowest BCUT2D eigenvalue weighted by Crippen LogP contribution is -2.09. The van der Waals surface area contributed by atoms with Gasteiger partial charge in [-0.25, -0.2) is 9.97 Å². The zero-order valence-corrected chi connectivity index (χ0v) is 10.7. The van der Waals surface area contributed by atoms with Gasteiger partial charge in [-0.05, 0) is 12.1 Å². The van der Waals surface area contributed by atoms with Crippen LogP contribution in [0.3, 0.4) is 0 Å². The molecule has 0 bridgehead atoms. The molecule has 0 aliphatic carbocycles. The lowest BCUT2D eigenvalue weighted by molar-refractivity contribution is 0.788. The minimum Gasteiger partial charge on any atom is -0.368 e. The van der Waals surface area contributed by atoms with Crippen LogP contribution in [0.4, 0.5) is 5.82 Å². The summed E-state index contributed by atoms with van der Waals surface area (Å²) in [5.41, 5.74) is 1.82. The summed E-state index contributed by atoms with van der Waals surface area (Å²) < 4.78 is 2.02. The minimum absolute atomic E-state index is 0.790. The summed E-state index contributed by atoms with van der Waals surface area (Å²) in [7, 11) is 2.00. The fourth-order valence-electron chi connectivity index (χ4n) is 1.98. The van der Waals surface area contributed by atoms with Gasteiger partial charge in [0.1, 0.15) is 11.6 Å². The molecule has 19 heavy (non-hydrogen) atoms. The number of imidazole rings is 1. The molecule has 96 valence electrons. The molecule has 3 aromatic rings. The Balaban J connectivity index is 1.67. The SMILES string of the molecule is Cn1ccnc1CCNc1cnc2ccccc2n1. The number of nitrogens with zero attached hydrogens (tertiary/aromatic N) is 4.